The number of aromatic nitrogens is 1. The lowest BCUT2D eigenvalue weighted by atomic mass is 9.96. The number of anilines is 1. The Balaban J connectivity index is 0.00000400. The fraction of sp³-hybridized carbons (Fsp3) is 0.500. The number of pyridine rings is 1. The highest BCUT2D eigenvalue weighted by atomic mass is 32.2. The molecule has 2 saturated heterocycles. The van der Waals surface area contributed by atoms with Crippen LogP contribution in [0.15, 0.2) is 36.5 Å². The van der Waals surface area contributed by atoms with Crippen molar-refractivity contribution in [2.75, 3.05) is 18.7 Å². The quantitative estimate of drug-likeness (QED) is 0.284. The molecule has 2 N–H and O–H groups in total. The van der Waals surface area contributed by atoms with E-state index in [1.165, 1.54) is 16.7 Å². The van der Waals surface area contributed by atoms with Crippen LogP contribution in [0.2, 0.25) is 0 Å². The Labute approximate surface area is 233 Å². The third-order valence-corrected chi connectivity index (χ3v) is 7.86. The molecule has 38 heavy (non-hydrogen) atoms. The SMILES string of the molecule is CC(C)(C)C(=O)OCOC(=O)[C@@H]1N2C(=O)[C@@H](NC(=O)CCNc3cccc4cccnc34)[C@H]2SC1(C)C.S. The maximum Gasteiger partial charge on any atom is 0.333 e. The van der Waals surface area contributed by atoms with Gasteiger partial charge in [0.15, 0.2) is 0 Å². The Hall–Kier alpha value is -2.99. The second kappa shape index (κ2) is 11.4. The van der Waals surface area contributed by atoms with Crippen molar-refractivity contribution >= 4 is 65.6 Å². The average molecular weight is 563 g/mol. The molecule has 0 radical (unpaired) electrons. The van der Waals surface area contributed by atoms with Crippen molar-refractivity contribution < 1.29 is 28.7 Å². The van der Waals surface area contributed by atoms with Gasteiger partial charge < -0.3 is 25.0 Å². The summed E-state index contributed by atoms with van der Waals surface area (Å²) in [7, 11) is 0. The number of hydrogen-bond acceptors (Lipinski definition) is 9. The molecule has 1 aromatic heterocycles. The molecule has 2 amide bonds. The zero-order valence-corrected chi connectivity index (χ0v) is 23.9. The van der Waals surface area contributed by atoms with Gasteiger partial charge in [0.2, 0.25) is 18.6 Å². The first kappa shape index (κ1) is 29.6. The number of ether oxygens (including phenoxy) is 2. The number of hydrogen-bond donors (Lipinski definition) is 2. The van der Waals surface area contributed by atoms with Gasteiger partial charge in [-0.3, -0.25) is 19.4 Å². The highest BCUT2D eigenvalue weighted by molar-refractivity contribution is 8.01. The van der Waals surface area contributed by atoms with E-state index in [2.05, 4.69) is 15.6 Å². The number of β-lactam (4-membered cyclic amide) rings is 1. The summed E-state index contributed by atoms with van der Waals surface area (Å²) in [6, 6.07) is 8.06. The number of benzene rings is 1. The van der Waals surface area contributed by atoms with E-state index < -0.39 is 41.0 Å². The van der Waals surface area contributed by atoms with Gasteiger partial charge in [-0.1, -0.05) is 18.2 Å². The molecule has 0 spiro atoms. The number of esters is 2. The summed E-state index contributed by atoms with van der Waals surface area (Å²) in [6.07, 6.45) is 1.88. The second-order valence-corrected chi connectivity index (χ2v) is 12.4. The van der Waals surface area contributed by atoms with Crippen molar-refractivity contribution in [3.05, 3.63) is 36.5 Å². The molecule has 206 valence electrons. The standard InChI is InChI=1S/C26H32N4O6S.H2S/c1-25(2,3)24(34)36-14-35-23(33)20-26(4,5)37-22-19(21(32)30(20)22)29-17(31)11-13-27-16-10-6-8-15-9-7-12-28-18(15)16;/h6-10,12,19-20,22,27H,11,13-14H2,1-5H3,(H,29,31);1H2/t19-,20+,22-;/m1./s1. The molecule has 10 nitrogen and oxygen atoms in total. The van der Waals surface area contributed by atoms with Crippen LogP contribution in [0.4, 0.5) is 5.69 Å². The van der Waals surface area contributed by atoms with E-state index >= 15 is 0 Å². The van der Waals surface area contributed by atoms with Gasteiger partial charge in [-0.2, -0.15) is 13.5 Å². The fourth-order valence-electron chi connectivity index (χ4n) is 4.37. The lowest BCUT2D eigenvalue weighted by molar-refractivity contribution is -0.180. The third-order valence-electron chi connectivity index (χ3n) is 6.28. The van der Waals surface area contributed by atoms with Crippen molar-refractivity contribution in [2.45, 2.75) is 63.2 Å². The van der Waals surface area contributed by atoms with Gasteiger partial charge in [-0.05, 0) is 46.8 Å². The molecular formula is C26H34N4O6S2. The second-order valence-electron chi connectivity index (χ2n) is 10.6. The van der Waals surface area contributed by atoms with Gasteiger partial charge >= 0.3 is 11.9 Å². The van der Waals surface area contributed by atoms with Crippen LogP contribution in [-0.4, -0.2) is 69.2 Å². The Morgan fingerprint density at radius 1 is 1.13 bits per heavy atom. The van der Waals surface area contributed by atoms with Gasteiger partial charge in [-0.25, -0.2) is 4.79 Å². The van der Waals surface area contributed by atoms with E-state index in [0.717, 1.165) is 16.6 Å². The predicted molar refractivity (Wildman–Crippen MR) is 150 cm³/mol. The van der Waals surface area contributed by atoms with Crippen LogP contribution >= 0.6 is 25.3 Å². The molecule has 3 heterocycles. The molecule has 0 aliphatic carbocycles. The van der Waals surface area contributed by atoms with E-state index in [1.807, 2.05) is 44.2 Å². The summed E-state index contributed by atoms with van der Waals surface area (Å²) in [5.74, 6) is -1.74. The molecule has 2 fully saturated rings. The smallest absolute Gasteiger partial charge is 0.333 e. The van der Waals surface area contributed by atoms with Crippen molar-refractivity contribution in [3.8, 4) is 0 Å². The molecule has 0 saturated carbocycles. The largest absolute Gasteiger partial charge is 0.427 e. The number of nitrogens with zero attached hydrogens (tertiary/aromatic N) is 2. The van der Waals surface area contributed by atoms with Gasteiger partial charge in [0.05, 0.1) is 16.6 Å². The van der Waals surface area contributed by atoms with Gasteiger partial charge in [0, 0.05) is 29.3 Å². The molecule has 2 aliphatic rings. The first-order valence-electron chi connectivity index (χ1n) is 12.1. The minimum Gasteiger partial charge on any atom is -0.427 e. The normalized spacial score (nSPS) is 21.6. The summed E-state index contributed by atoms with van der Waals surface area (Å²) >= 11 is 1.43. The number of amides is 2. The minimum atomic E-state index is -0.850. The summed E-state index contributed by atoms with van der Waals surface area (Å²) in [5.41, 5.74) is 0.936. The summed E-state index contributed by atoms with van der Waals surface area (Å²) < 4.78 is 9.56. The first-order chi connectivity index (χ1) is 17.4. The molecule has 1 aromatic carbocycles. The van der Waals surface area contributed by atoms with Crippen molar-refractivity contribution in [3.63, 3.8) is 0 Å². The number of thioether (sulfide) groups is 1. The minimum absolute atomic E-state index is 0. The fourth-order valence-corrected chi connectivity index (χ4v) is 5.99. The van der Waals surface area contributed by atoms with Gasteiger partial charge in [0.1, 0.15) is 17.5 Å². The van der Waals surface area contributed by atoms with Crippen molar-refractivity contribution in [1.29, 1.82) is 0 Å². The number of fused-ring (bicyclic) bond motifs is 2. The number of carbonyl (C=O) groups excluding carboxylic acids is 4. The van der Waals surface area contributed by atoms with E-state index in [4.69, 9.17) is 9.47 Å². The molecule has 2 aliphatic heterocycles. The van der Waals surface area contributed by atoms with Crippen LogP contribution in [0.3, 0.4) is 0 Å². The molecule has 0 unspecified atom stereocenters. The van der Waals surface area contributed by atoms with Crippen molar-refractivity contribution in [2.24, 2.45) is 5.41 Å². The Bertz CT molecular complexity index is 1230. The van der Waals surface area contributed by atoms with Gasteiger partial charge in [-0.15, -0.1) is 11.8 Å². The molecular weight excluding hydrogens is 528 g/mol. The average Bonchev–Trinajstić information content (AvgIpc) is 3.09. The first-order valence-corrected chi connectivity index (χ1v) is 13.0. The van der Waals surface area contributed by atoms with E-state index in [0.29, 0.717) is 6.54 Å². The van der Waals surface area contributed by atoms with Gasteiger partial charge in [0.25, 0.3) is 0 Å². The zero-order valence-electron chi connectivity index (χ0n) is 22.1. The Morgan fingerprint density at radius 3 is 2.55 bits per heavy atom. The third kappa shape index (κ3) is 6.01. The van der Waals surface area contributed by atoms with Crippen molar-refractivity contribution in [1.82, 2.24) is 15.2 Å². The van der Waals surface area contributed by atoms with Crippen LogP contribution in [0, 0.1) is 5.41 Å². The van der Waals surface area contributed by atoms with E-state index in [1.54, 1.807) is 27.0 Å². The van der Waals surface area contributed by atoms with E-state index in [-0.39, 0.29) is 37.1 Å². The van der Waals surface area contributed by atoms with Crippen LogP contribution in [0.25, 0.3) is 10.9 Å². The maximum absolute atomic E-state index is 12.9. The van der Waals surface area contributed by atoms with Crippen LogP contribution in [-0.2, 0) is 28.7 Å². The van der Waals surface area contributed by atoms with Crippen LogP contribution in [0.5, 0.6) is 0 Å². The Morgan fingerprint density at radius 2 is 1.84 bits per heavy atom. The van der Waals surface area contributed by atoms with E-state index in [9.17, 15) is 19.2 Å². The molecule has 12 heteroatoms. The number of carbonyl (C=O) groups is 4. The molecule has 3 atom stereocenters. The van der Waals surface area contributed by atoms with Crippen LogP contribution < -0.4 is 10.6 Å². The zero-order chi connectivity index (χ0) is 27.0. The monoisotopic (exact) mass is 562 g/mol. The molecule has 0 bridgehead atoms. The summed E-state index contributed by atoms with van der Waals surface area (Å²) in [4.78, 5) is 56.1. The lowest BCUT2D eigenvalue weighted by Gasteiger charge is -2.43. The summed E-state index contributed by atoms with van der Waals surface area (Å²) in [6.45, 7) is 8.64. The summed E-state index contributed by atoms with van der Waals surface area (Å²) in [5, 5.41) is 6.66. The molecule has 4 rings (SSSR count). The maximum atomic E-state index is 12.9. The van der Waals surface area contributed by atoms with Crippen LogP contribution in [0.1, 0.15) is 41.0 Å². The predicted octanol–water partition coefficient (Wildman–Crippen LogP) is 2.79. The number of nitrogens with one attached hydrogen (secondary N) is 2. The Kier molecular flexibility index (Phi) is 8.87. The topological polar surface area (TPSA) is 127 Å². The molecule has 2 aromatic rings. The number of para-hydroxylation sites is 1. The highest BCUT2D eigenvalue weighted by Gasteiger charge is 2.64. The lowest BCUT2D eigenvalue weighted by Crippen LogP contribution is -2.70. The number of rotatable bonds is 8. The highest BCUT2D eigenvalue weighted by Crippen LogP contribution is 2.51.